The molecule has 0 aliphatic carbocycles. The number of unbranched alkanes of at least 4 members (excludes halogenated alkanes) is 6. The highest BCUT2D eigenvalue weighted by Crippen LogP contribution is 2.43. The van der Waals surface area contributed by atoms with Crippen LogP contribution in [0.5, 0.6) is 0 Å². The van der Waals surface area contributed by atoms with E-state index in [9.17, 15) is 28.9 Å². The third-order valence-corrected chi connectivity index (χ3v) is 11.2. The minimum Gasteiger partial charge on any atom is -0.462 e. The van der Waals surface area contributed by atoms with Crippen LogP contribution in [-0.2, 0) is 42.2 Å². The second kappa shape index (κ2) is 52.7. The third-order valence-electron chi connectivity index (χ3n) is 10.3. The maximum atomic E-state index is 12.9. The van der Waals surface area contributed by atoms with Crippen LogP contribution in [-0.4, -0.2) is 66.5 Å². The molecule has 72 heavy (non-hydrogen) atoms. The number of allylic oxidation sites excluding steroid dienone is 24. The van der Waals surface area contributed by atoms with E-state index in [1.54, 1.807) is 0 Å². The highest BCUT2D eigenvalue weighted by atomic mass is 31.2. The van der Waals surface area contributed by atoms with Crippen molar-refractivity contribution in [3.05, 3.63) is 146 Å². The highest BCUT2D eigenvalue weighted by Gasteiger charge is 2.28. The Morgan fingerprint density at radius 1 is 0.389 bits per heavy atom. The number of hydrogen-bond donors (Lipinski definition) is 2. The van der Waals surface area contributed by atoms with Crippen molar-refractivity contribution in [1.82, 2.24) is 0 Å². The number of aliphatic hydroxyl groups is 1. The lowest BCUT2D eigenvalue weighted by Gasteiger charge is -2.21. The first-order valence-electron chi connectivity index (χ1n) is 26.7. The summed E-state index contributed by atoms with van der Waals surface area (Å²) < 4.78 is 39.2. The number of ether oxygens (including phenoxy) is 3. The van der Waals surface area contributed by atoms with Crippen molar-refractivity contribution in [3.8, 4) is 0 Å². The van der Waals surface area contributed by atoms with E-state index >= 15 is 0 Å². The predicted octanol–water partition coefficient (Wildman–Crippen LogP) is 15.6. The second-order valence-electron chi connectivity index (χ2n) is 16.9. The number of carbonyl (C=O) groups is 3. The van der Waals surface area contributed by atoms with Gasteiger partial charge in [-0.3, -0.25) is 23.4 Å². The van der Waals surface area contributed by atoms with Gasteiger partial charge in [0.05, 0.1) is 19.8 Å². The predicted molar refractivity (Wildman–Crippen MR) is 297 cm³/mol. The molecule has 0 spiro atoms. The Labute approximate surface area is 435 Å². The van der Waals surface area contributed by atoms with Crippen LogP contribution in [0.3, 0.4) is 0 Å². The molecule has 11 nitrogen and oxygen atoms in total. The highest BCUT2D eigenvalue weighted by molar-refractivity contribution is 7.47. The maximum absolute atomic E-state index is 12.9. The third kappa shape index (κ3) is 50.3. The molecule has 404 valence electrons. The van der Waals surface area contributed by atoms with E-state index in [4.69, 9.17) is 23.3 Å². The quantitative estimate of drug-likeness (QED) is 0.0197. The number of rotatable bonds is 47. The van der Waals surface area contributed by atoms with Gasteiger partial charge in [-0.2, -0.15) is 0 Å². The first-order valence-corrected chi connectivity index (χ1v) is 28.2. The molecule has 0 saturated carbocycles. The van der Waals surface area contributed by atoms with Crippen molar-refractivity contribution in [3.63, 3.8) is 0 Å². The minimum absolute atomic E-state index is 0.0870. The van der Waals surface area contributed by atoms with Crippen LogP contribution in [0.2, 0.25) is 0 Å². The standard InChI is InChI=1S/C60H93O11P/c1-4-7-10-13-16-19-22-25-26-27-28-29-30-33-36-39-42-45-48-51-60(64)71-57(53-67-58(62)49-46-43-40-37-34-31-23-20-17-14-11-8-5-2)55-69-72(65,66)68-54-56(52-61)70-59(63)50-47-44-41-38-35-32-24-21-18-15-12-9-6-3/h7-12,16-21,25-26,28-29,31-36,40,43,56-57,61H,4-6,13-15,22-24,27,30,37-39,41-42,44-55H2,1-3H3,(H,65,66)/b10-7-,11-8-,12-9-,19-16-,20-17-,21-18-,26-25-,29-28-,34-31-,35-32-,36-33-,43-40-. The van der Waals surface area contributed by atoms with Crippen LogP contribution in [0.25, 0.3) is 0 Å². The van der Waals surface area contributed by atoms with Gasteiger partial charge in [-0.05, 0) is 122 Å². The largest absolute Gasteiger partial charge is 0.472 e. The molecule has 3 unspecified atom stereocenters. The molecule has 0 fully saturated rings. The summed E-state index contributed by atoms with van der Waals surface area (Å²) in [5.74, 6) is -1.66. The number of phosphoric acid groups is 1. The molecule has 2 N–H and O–H groups in total. The van der Waals surface area contributed by atoms with Gasteiger partial charge in [-0.25, -0.2) is 4.57 Å². The van der Waals surface area contributed by atoms with E-state index in [-0.39, 0.29) is 19.3 Å². The van der Waals surface area contributed by atoms with Crippen LogP contribution in [0.1, 0.15) is 175 Å². The Hall–Kier alpha value is -4.64. The summed E-state index contributed by atoms with van der Waals surface area (Å²) in [5.41, 5.74) is 0. The van der Waals surface area contributed by atoms with E-state index in [0.29, 0.717) is 19.3 Å². The Morgan fingerprint density at radius 2 is 0.708 bits per heavy atom. The monoisotopic (exact) mass is 1020 g/mol. The fraction of sp³-hybridized carbons (Fsp3) is 0.550. The molecular weight excluding hydrogens is 928 g/mol. The molecule has 0 radical (unpaired) electrons. The lowest BCUT2D eigenvalue weighted by Crippen LogP contribution is -2.30. The summed E-state index contributed by atoms with van der Waals surface area (Å²) in [6.45, 7) is 4.10. The molecule has 0 aromatic rings. The number of esters is 3. The minimum atomic E-state index is -4.79. The van der Waals surface area contributed by atoms with Crippen LogP contribution >= 0.6 is 7.82 Å². The number of hydrogen-bond acceptors (Lipinski definition) is 10. The smallest absolute Gasteiger partial charge is 0.462 e. The zero-order valence-corrected chi connectivity index (χ0v) is 45.2. The van der Waals surface area contributed by atoms with E-state index in [2.05, 4.69) is 154 Å². The van der Waals surface area contributed by atoms with E-state index in [1.807, 2.05) is 12.2 Å². The van der Waals surface area contributed by atoms with Crippen molar-refractivity contribution in [2.75, 3.05) is 26.4 Å². The van der Waals surface area contributed by atoms with Crippen LogP contribution in [0, 0.1) is 0 Å². The number of carbonyl (C=O) groups excluding carboxylic acids is 3. The van der Waals surface area contributed by atoms with Gasteiger partial charge in [-0.15, -0.1) is 0 Å². The molecule has 0 aromatic carbocycles. The Balaban J connectivity index is 4.92. The summed E-state index contributed by atoms with van der Waals surface area (Å²) in [7, 11) is -4.79. The maximum Gasteiger partial charge on any atom is 0.472 e. The summed E-state index contributed by atoms with van der Waals surface area (Å²) in [6, 6.07) is 0. The first kappa shape index (κ1) is 67.4. The van der Waals surface area contributed by atoms with Crippen molar-refractivity contribution in [2.45, 2.75) is 187 Å². The Bertz CT molecular complexity index is 1760. The van der Waals surface area contributed by atoms with Gasteiger partial charge in [0.25, 0.3) is 0 Å². The van der Waals surface area contributed by atoms with Gasteiger partial charge in [0, 0.05) is 19.3 Å². The molecule has 0 bridgehead atoms. The summed E-state index contributed by atoms with van der Waals surface area (Å²) in [6.07, 6.45) is 66.9. The van der Waals surface area contributed by atoms with Gasteiger partial charge in [-0.1, -0.05) is 179 Å². The van der Waals surface area contributed by atoms with E-state index < -0.39 is 64.4 Å². The molecule has 0 heterocycles. The Kier molecular flexibility index (Phi) is 49.3. The molecule has 12 heteroatoms. The molecule has 0 saturated heterocycles. The molecule has 0 aliphatic rings. The van der Waals surface area contributed by atoms with E-state index in [1.165, 1.54) is 0 Å². The summed E-state index contributed by atoms with van der Waals surface area (Å²) in [4.78, 5) is 48.3. The van der Waals surface area contributed by atoms with Crippen molar-refractivity contribution < 1.29 is 52.2 Å². The average molecular weight is 1020 g/mol. The van der Waals surface area contributed by atoms with Crippen molar-refractivity contribution in [2.24, 2.45) is 0 Å². The normalized spacial score (nSPS) is 14.6. The molecule has 0 amide bonds. The van der Waals surface area contributed by atoms with Crippen LogP contribution in [0.4, 0.5) is 0 Å². The molecule has 0 rings (SSSR count). The Morgan fingerprint density at radius 3 is 1.07 bits per heavy atom. The fourth-order valence-corrected chi connectivity index (χ4v) is 7.07. The number of aliphatic hydroxyl groups excluding tert-OH is 1. The molecule has 0 aliphatic heterocycles. The zero-order valence-electron chi connectivity index (χ0n) is 44.3. The van der Waals surface area contributed by atoms with Crippen molar-refractivity contribution >= 4 is 25.7 Å². The summed E-state index contributed by atoms with van der Waals surface area (Å²) >= 11 is 0. The number of phosphoric ester groups is 1. The fourth-order valence-electron chi connectivity index (χ4n) is 6.29. The second-order valence-corrected chi connectivity index (χ2v) is 18.3. The molecular formula is C60H93O11P. The van der Waals surface area contributed by atoms with Gasteiger partial charge < -0.3 is 24.2 Å². The van der Waals surface area contributed by atoms with Gasteiger partial charge >= 0.3 is 25.7 Å². The van der Waals surface area contributed by atoms with Gasteiger partial charge in [0.15, 0.2) is 6.10 Å². The van der Waals surface area contributed by atoms with E-state index in [0.717, 1.165) is 116 Å². The SMILES string of the molecule is CC/C=C\C/C=C\C/C=C\C/C=C\C/C=C\CCCCCC(=O)OC(COC(=O)CC/C=C\C/C=C\C/C=C\C/C=C\CC)COP(=O)(O)OCC(CO)OC(=O)CCCCC/C=C\C/C=C\C/C=C\CC. The molecule has 3 atom stereocenters. The average Bonchev–Trinajstić information content (AvgIpc) is 3.37. The zero-order chi connectivity index (χ0) is 52.7. The van der Waals surface area contributed by atoms with Crippen LogP contribution in [0.15, 0.2) is 146 Å². The van der Waals surface area contributed by atoms with Crippen molar-refractivity contribution in [1.29, 1.82) is 0 Å². The van der Waals surface area contributed by atoms with Gasteiger partial charge in [0.2, 0.25) is 0 Å². The lowest BCUT2D eigenvalue weighted by molar-refractivity contribution is -0.161. The summed E-state index contributed by atoms with van der Waals surface area (Å²) in [5, 5.41) is 9.78. The lowest BCUT2D eigenvalue weighted by atomic mass is 10.1. The first-order chi connectivity index (χ1) is 35.2. The van der Waals surface area contributed by atoms with Gasteiger partial charge in [0.1, 0.15) is 12.7 Å². The topological polar surface area (TPSA) is 155 Å². The van der Waals surface area contributed by atoms with Crippen LogP contribution < -0.4 is 0 Å². The molecule has 0 aromatic heterocycles.